The van der Waals surface area contributed by atoms with E-state index < -0.39 is 0 Å². The molecule has 0 rings (SSSR count). The van der Waals surface area contributed by atoms with Gasteiger partial charge in [-0.3, -0.25) is 0 Å². The van der Waals surface area contributed by atoms with Crippen molar-refractivity contribution in [2.75, 3.05) is 6.61 Å². The lowest BCUT2D eigenvalue weighted by Gasteiger charge is -1.85. The Labute approximate surface area is 54.3 Å². The van der Waals surface area contributed by atoms with Gasteiger partial charge >= 0.3 is 0 Å². The van der Waals surface area contributed by atoms with Crippen LogP contribution >= 0.6 is 0 Å². The van der Waals surface area contributed by atoms with Crippen molar-refractivity contribution in [3.05, 3.63) is 12.2 Å². The predicted octanol–water partition coefficient (Wildman–Crippen LogP) is 1.44. The largest absolute Gasteiger partial charge is 0.415 e. The van der Waals surface area contributed by atoms with E-state index in [1.165, 1.54) is 6.42 Å². The summed E-state index contributed by atoms with van der Waals surface area (Å²) in [4.78, 5) is 0. The molecule has 0 fully saturated rings. The van der Waals surface area contributed by atoms with E-state index in [2.05, 4.69) is 27.9 Å². The van der Waals surface area contributed by atoms with Crippen LogP contribution in [0.3, 0.4) is 0 Å². The standard InChI is InChI=1S/C6H11OSi/c1-2-3-4-5-6-7-8/h4-5H,2-3,6H2,1H3. The van der Waals surface area contributed by atoms with E-state index in [4.69, 9.17) is 0 Å². The van der Waals surface area contributed by atoms with Crippen molar-refractivity contribution in [1.82, 2.24) is 0 Å². The van der Waals surface area contributed by atoms with Crippen LogP contribution in [0.4, 0.5) is 0 Å². The Balaban J connectivity index is 2.83. The van der Waals surface area contributed by atoms with E-state index >= 15 is 0 Å². The summed E-state index contributed by atoms with van der Waals surface area (Å²) in [6.45, 7) is 2.82. The van der Waals surface area contributed by atoms with Gasteiger partial charge in [0, 0.05) is 0 Å². The summed E-state index contributed by atoms with van der Waals surface area (Å²) in [5.74, 6) is 0. The molecule has 0 aromatic heterocycles. The van der Waals surface area contributed by atoms with Crippen LogP contribution in [0, 0.1) is 0 Å². The van der Waals surface area contributed by atoms with Gasteiger partial charge in [-0.05, 0) is 6.42 Å². The molecule has 0 amide bonds. The number of hydrogen-bond donors (Lipinski definition) is 0. The molecule has 0 aromatic carbocycles. The molecular weight excluding hydrogens is 116 g/mol. The van der Waals surface area contributed by atoms with Gasteiger partial charge in [0.25, 0.3) is 0 Å². The fraction of sp³-hybridized carbons (Fsp3) is 0.667. The molecule has 0 bridgehead atoms. The summed E-state index contributed by atoms with van der Waals surface area (Å²) in [6.07, 6.45) is 6.46. The normalized spacial score (nSPS) is 10.8. The monoisotopic (exact) mass is 127 g/mol. The summed E-state index contributed by atoms with van der Waals surface area (Å²) >= 11 is 0. The third-order valence-corrected chi connectivity index (χ3v) is 0.968. The lowest BCUT2D eigenvalue weighted by atomic mass is 10.3. The van der Waals surface area contributed by atoms with Crippen LogP contribution in [0.15, 0.2) is 12.2 Å². The van der Waals surface area contributed by atoms with Gasteiger partial charge in [0.05, 0.1) is 6.61 Å². The van der Waals surface area contributed by atoms with Gasteiger partial charge in [-0.15, -0.1) is 0 Å². The van der Waals surface area contributed by atoms with Crippen molar-refractivity contribution in [3.8, 4) is 0 Å². The van der Waals surface area contributed by atoms with Crippen molar-refractivity contribution in [1.29, 1.82) is 0 Å². The highest BCUT2D eigenvalue weighted by Crippen LogP contribution is 1.86. The zero-order valence-corrected chi connectivity index (χ0v) is 6.18. The highest BCUT2D eigenvalue weighted by Gasteiger charge is 1.71. The summed E-state index contributed by atoms with van der Waals surface area (Å²) in [5.41, 5.74) is 0. The molecule has 0 aliphatic rings. The van der Waals surface area contributed by atoms with E-state index in [1.54, 1.807) is 0 Å². The van der Waals surface area contributed by atoms with Gasteiger partial charge in [-0.25, -0.2) is 0 Å². The van der Waals surface area contributed by atoms with Crippen LogP contribution in [0.5, 0.6) is 0 Å². The first-order chi connectivity index (χ1) is 3.91. The first kappa shape index (κ1) is 7.92. The van der Waals surface area contributed by atoms with Gasteiger partial charge in [0.2, 0.25) is 10.5 Å². The van der Waals surface area contributed by atoms with Crippen LogP contribution in [0.1, 0.15) is 19.8 Å². The average molecular weight is 127 g/mol. The van der Waals surface area contributed by atoms with E-state index in [9.17, 15) is 0 Å². The fourth-order valence-corrected chi connectivity index (χ4v) is 0.497. The van der Waals surface area contributed by atoms with Crippen LogP contribution in [-0.2, 0) is 4.43 Å². The molecule has 0 aliphatic heterocycles. The average Bonchev–Trinajstić information content (AvgIpc) is 1.81. The molecule has 2 heteroatoms. The van der Waals surface area contributed by atoms with Crippen LogP contribution in [0.2, 0.25) is 0 Å². The molecule has 0 N–H and O–H groups in total. The number of unbranched alkanes of at least 4 members (excludes halogenated alkanes) is 1. The van der Waals surface area contributed by atoms with E-state index in [-0.39, 0.29) is 0 Å². The van der Waals surface area contributed by atoms with E-state index in [0.29, 0.717) is 6.61 Å². The van der Waals surface area contributed by atoms with Crippen LogP contribution < -0.4 is 0 Å². The van der Waals surface area contributed by atoms with Gasteiger partial charge in [-0.1, -0.05) is 25.5 Å². The van der Waals surface area contributed by atoms with Crippen LogP contribution in [-0.4, -0.2) is 17.1 Å². The molecule has 8 heavy (non-hydrogen) atoms. The minimum Gasteiger partial charge on any atom is -0.415 e. The third-order valence-electron chi connectivity index (χ3n) is 0.802. The molecule has 0 heterocycles. The van der Waals surface area contributed by atoms with Crippen molar-refractivity contribution in [2.24, 2.45) is 0 Å². The summed E-state index contributed by atoms with van der Waals surface area (Å²) in [6, 6.07) is 0. The molecule has 0 spiro atoms. The maximum atomic E-state index is 4.61. The van der Waals surface area contributed by atoms with Gasteiger partial charge in [-0.2, -0.15) is 0 Å². The molecule has 3 radical (unpaired) electrons. The number of allylic oxidation sites excluding steroid dienone is 1. The molecule has 1 nitrogen and oxygen atoms in total. The molecule has 45 valence electrons. The summed E-state index contributed by atoms with van der Waals surface area (Å²) in [5, 5.41) is 0. The molecule has 0 saturated heterocycles. The summed E-state index contributed by atoms with van der Waals surface area (Å²) in [7, 11) is 2.89. The predicted molar refractivity (Wildman–Crippen MR) is 35.8 cm³/mol. The van der Waals surface area contributed by atoms with Crippen LogP contribution in [0.25, 0.3) is 0 Å². The Morgan fingerprint density at radius 1 is 1.50 bits per heavy atom. The maximum Gasteiger partial charge on any atom is 0.246 e. The number of rotatable bonds is 4. The highest BCUT2D eigenvalue weighted by molar-refractivity contribution is 5.98. The molecule has 0 aromatic rings. The minimum atomic E-state index is 0.664. The first-order valence-electron chi connectivity index (χ1n) is 2.85. The van der Waals surface area contributed by atoms with Gasteiger partial charge < -0.3 is 4.43 Å². The quantitative estimate of drug-likeness (QED) is 0.410. The smallest absolute Gasteiger partial charge is 0.246 e. The van der Waals surface area contributed by atoms with Crippen molar-refractivity contribution in [2.45, 2.75) is 19.8 Å². The van der Waals surface area contributed by atoms with Crippen molar-refractivity contribution >= 4 is 10.5 Å². The third kappa shape index (κ3) is 5.92. The molecule has 0 saturated carbocycles. The van der Waals surface area contributed by atoms with Crippen molar-refractivity contribution in [3.63, 3.8) is 0 Å². The second-order valence-corrected chi connectivity index (χ2v) is 1.86. The SMILES string of the molecule is CCCC=CCO[Si]. The summed E-state index contributed by atoms with van der Waals surface area (Å²) < 4.78 is 4.61. The Kier molecular flexibility index (Phi) is 6.85. The molecule has 0 aliphatic carbocycles. The number of hydrogen-bond acceptors (Lipinski definition) is 1. The Morgan fingerprint density at radius 3 is 2.75 bits per heavy atom. The maximum absolute atomic E-state index is 4.61. The second-order valence-electron chi connectivity index (χ2n) is 1.57. The van der Waals surface area contributed by atoms with E-state index in [0.717, 1.165) is 6.42 Å². The Bertz CT molecular complexity index is 53.5. The van der Waals surface area contributed by atoms with Crippen molar-refractivity contribution < 1.29 is 4.43 Å². The zero-order valence-electron chi connectivity index (χ0n) is 5.18. The topological polar surface area (TPSA) is 9.23 Å². The van der Waals surface area contributed by atoms with E-state index in [1.807, 2.05) is 6.08 Å². The van der Waals surface area contributed by atoms with Gasteiger partial charge in [0.1, 0.15) is 0 Å². The fourth-order valence-electron chi connectivity index (χ4n) is 0.401. The molecule has 0 unspecified atom stereocenters. The lowest BCUT2D eigenvalue weighted by Crippen LogP contribution is -1.81. The Hall–Kier alpha value is -0.0831. The molecule has 0 atom stereocenters. The highest BCUT2D eigenvalue weighted by atomic mass is 28.2. The lowest BCUT2D eigenvalue weighted by molar-refractivity contribution is 0.401. The zero-order chi connectivity index (χ0) is 6.24. The molecular formula is C6H11OSi. The minimum absolute atomic E-state index is 0.664. The first-order valence-corrected chi connectivity index (χ1v) is 3.26. The van der Waals surface area contributed by atoms with Gasteiger partial charge in [0.15, 0.2) is 0 Å². The Morgan fingerprint density at radius 2 is 2.25 bits per heavy atom. The second kappa shape index (κ2) is 6.92.